The van der Waals surface area contributed by atoms with E-state index in [2.05, 4.69) is 29.5 Å². The van der Waals surface area contributed by atoms with E-state index in [0.717, 1.165) is 28.7 Å². The maximum absolute atomic E-state index is 8.87. The van der Waals surface area contributed by atoms with E-state index in [4.69, 9.17) is 5.26 Å². The zero-order chi connectivity index (χ0) is 14.1. The van der Waals surface area contributed by atoms with E-state index < -0.39 is 0 Å². The second-order valence-electron chi connectivity index (χ2n) is 3.76. The van der Waals surface area contributed by atoms with Crippen LogP contribution in [0.4, 0.5) is 5.69 Å². The number of nitrogens with zero attached hydrogens (tertiary/aromatic N) is 2. The monoisotopic (exact) mass is 271 g/mol. The molecule has 0 saturated carbocycles. The van der Waals surface area contributed by atoms with E-state index in [1.54, 1.807) is 23.9 Å². The maximum Gasteiger partial charge on any atom is 0.166 e. The number of nitriles is 1. The normalized spacial score (nSPS) is 10.6. The predicted molar refractivity (Wildman–Crippen MR) is 83.5 cm³/mol. The molecule has 19 heavy (non-hydrogen) atoms. The van der Waals surface area contributed by atoms with Crippen molar-refractivity contribution in [1.29, 1.82) is 5.26 Å². The molecule has 0 amide bonds. The van der Waals surface area contributed by atoms with Crippen LogP contribution >= 0.6 is 11.8 Å². The molecule has 1 N–H and O–H groups in total. The van der Waals surface area contributed by atoms with Crippen LogP contribution in [-0.4, -0.2) is 10.9 Å². The first kappa shape index (κ1) is 15.1. The van der Waals surface area contributed by atoms with Crippen LogP contribution in [0.3, 0.4) is 0 Å². The van der Waals surface area contributed by atoms with Gasteiger partial charge in [0.25, 0.3) is 0 Å². The first-order valence-electron chi connectivity index (χ1n) is 5.97. The highest BCUT2D eigenvalue weighted by atomic mass is 32.2. The van der Waals surface area contributed by atoms with Crippen molar-refractivity contribution in [3.63, 3.8) is 0 Å². The van der Waals surface area contributed by atoms with E-state index in [1.807, 2.05) is 25.1 Å². The summed E-state index contributed by atoms with van der Waals surface area (Å²) in [4.78, 5) is 4.50. The van der Waals surface area contributed by atoms with Crippen molar-refractivity contribution in [2.24, 2.45) is 4.99 Å². The summed E-state index contributed by atoms with van der Waals surface area (Å²) in [5, 5.41) is 12.8. The molecule has 0 aliphatic carbocycles. The van der Waals surface area contributed by atoms with Crippen molar-refractivity contribution in [3.8, 4) is 6.07 Å². The number of amidine groups is 1. The lowest BCUT2D eigenvalue weighted by Gasteiger charge is -2.09. The minimum absolute atomic E-state index is 0.601. The predicted octanol–water partition coefficient (Wildman–Crippen LogP) is 3.98. The van der Waals surface area contributed by atoms with Crippen LogP contribution in [0.15, 0.2) is 54.2 Å². The quantitative estimate of drug-likeness (QED) is 0.500. The topological polar surface area (TPSA) is 48.2 Å². The molecule has 0 aliphatic heterocycles. The lowest BCUT2D eigenvalue weighted by atomic mass is 10.2. The van der Waals surface area contributed by atoms with Gasteiger partial charge < -0.3 is 5.32 Å². The zero-order valence-corrected chi connectivity index (χ0v) is 11.8. The Labute approximate surface area is 118 Å². The third-order valence-corrected chi connectivity index (χ3v) is 3.12. The molecule has 0 unspecified atom stereocenters. The molecule has 98 valence electrons. The lowest BCUT2D eigenvalue weighted by molar-refractivity contribution is 0.996. The first-order chi connectivity index (χ1) is 9.19. The Hall–Kier alpha value is -1.99. The summed E-state index contributed by atoms with van der Waals surface area (Å²) in [7, 11) is 0. The minimum Gasteiger partial charge on any atom is -0.339 e. The fourth-order valence-electron chi connectivity index (χ4n) is 1.24. The fraction of sp³-hybridized carbons (Fsp3) is 0.200. The van der Waals surface area contributed by atoms with E-state index in [-0.39, 0.29) is 0 Å². The van der Waals surface area contributed by atoms with Crippen molar-refractivity contribution in [1.82, 2.24) is 5.32 Å². The Bertz CT molecular complexity index is 526. The van der Waals surface area contributed by atoms with Crippen LogP contribution in [0.5, 0.6) is 0 Å². The average molecular weight is 271 g/mol. The molecule has 1 aromatic carbocycles. The number of nitrogens with one attached hydrogen (secondary N) is 1. The van der Waals surface area contributed by atoms with Crippen molar-refractivity contribution in [2.75, 3.05) is 5.75 Å². The van der Waals surface area contributed by atoms with Gasteiger partial charge in [0.15, 0.2) is 5.17 Å². The van der Waals surface area contributed by atoms with Crippen LogP contribution in [0, 0.1) is 11.3 Å². The van der Waals surface area contributed by atoms with Crippen LogP contribution in [0.2, 0.25) is 0 Å². The summed E-state index contributed by atoms with van der Waals surface area (Å²) < 4.78 is 0. The highest BCUT2D eigenvalue weighted by molar-refractivity contribution is 8.13. The van der Waals surface area contributed by atoms with Crippen molar-refractivity contribution in [2.45, 2.75) is 13.3 Å². The Morgan fingerprint density at radius 3 is 3.00 bits per heavy atom. The highest BCUT2D eigenvalue weighted by Gasteiger charge is 2.01. The minimum atomic E-state index is 0.601. The summed E-state index contributed by atoms with van der Waals surface area (Å²) in [6.07, 6.45) is 2.66. The molecule has 0 radical (unpaired) electrons. The first-order valence-corrected chi connectivity index (χ1v) is 6.95. The Morgan fingerprint density at radius 2 is 2.37 bits per heavy atom. The van der Waals surface area contributed by atoms with Gasteiger partial charge in [-0.25, -0.2) is 4.99 Å². The summed E-state index contributed by atoms with van der Waals surface area (Å²) in [5.74, 6) is 0.765. The molecule has 1 rings (SSSR count). The lowest BCUT2D eigenvalue weighted by Crippen LogP contribution is -2.18. The van der Waals surface area contributed by atoms with Gasteiger partial charge in [-0.1, -0.05) is 37.4 Å². The van der Waals surface area contributed by atoms with Gasteiger partial charge in [-0.05, 0) is 24.6 Å². The number of rotatable bonds is 5. The largest absolute Gasteiger partial charge is 0.339 e. The Morgan fingerprint density at radius 1 is 1.58 bits per heavy atom. The smallest absolute Gasteiger partial charge is 0.166 e. The summed E-state index contributed by atoms with van der Waals surface area (Å²) in [5.41, 5.74) is 2.26. The number of benzene rings is 1. The van der Waals surface area contributed by atoms with Crippen LogP contribution in [-0.2, 0) is 0 Å². The van der Waals surface area contributed by atoms with Crippen LogP contribution < -0.4 is 5.32 Å². The van der Waals surface area contributed by atoms with Gasteiger partial charge in [0.1, 0.15) is 0 Å². The van der Waals surface area contributed by atoms with Crippen molar-refractivity contribution < 1.29 is 0 Å². The van der Waals surface area contributed by atoms with Crippen molar-refractivity contribution in [3.05, 3.63) is 54.8 Å². The molecule has 0 saturated heterocycles. The Balaban J connectivity index is 2.93. The molecule has 1 aromatic rings. The Kier molecular flexibility index (Phi) is 6.48. The number of allylic oxidation sites excluding steroid dienone is 1. The standard InChI is InChI=1S/C15H17N3S/c1-4-9-19-15(17-12(3)5-2)18-14-8-6-7-13(10-14)11-16/h4,6-8,10H,1,3,5,9H2,2H3,(H,17,18). The number of thioether (sulfide) groups is 1. The van der Waals surface area contributed by atoms with E-state index in [0.29, 0.717) is 5.56 Å². The van der Waals surface area contributed by atoms with Gasteiger partial charge in [-0.3, -0.25) is 0 Å². The molecule has 0 aromatic heterocycles. The molecule has 0 aliphatic rings. The number of hydrogen-bond acceptors (Lipinski definition) is 3. The maximum atomic E-state index is 8.87. The van der Waals surface area contributed by atoms with E-state index in [9.17, 15) is 0 Å². The molecule has 0 atom stereocenters. The van der Waals surface area contributed by atoms with E-state index in [1.165, 1.54) is 0 Å². The van der Waals surface area contributed by atoms with Crippen molar-refractivity contribution >= 4 is 22.6 Å². The average Bonchev–Trinajstić information content (AvgIpc) is 2.44. The third-order valence-electron chi connectivity index (χ3n) is 2.25. The fourth-order valence-corrected chi connectivity index (χ4v) is 1.90. The molecule has 0 spiro atoms. The van der Waals surface area contributed by atoms with Gasteiger partial charge in [0, 0.05) is 11.4 Å². The highest BCUT2D eigenvalue weighted by Crippen LogP contribution is 2.17. The second-order valence-corrected chi connectivity index (χ2v) is 4.77. The summed E-state index contributed by atoms with van der Waals surface area (Å²) >= 11 is 1.55. The van der Waals surface area contributed by atoms with Crippen LogP contribution in [0.25, 0.3) is 0 Å². The summed E-state index contributed by atoms with van der Waals surface area (Å²) in [6, 6.07) is 9.31. The van der Waals surface area contributed by atoms with Gasteiger partial charge in [0.05, 0.1) is 17.3 Å². The molecule has 3 nitrogen and oxygen atoms in total. The molecule has 0 fully saturated rings. The third kappa shape index (κ3) is 5.45. The number of hydrogen-bond donors (Lipinski definition) is 1. The SMILES string of the molecule is C=CCSC(=Nc1cccc(C#N)c1)NC(=C)CC. The van der Waals surface area contributed by atoms with Gasteiger partial charge in [0.2, 0.25) is 0 Å². The second kappa shape index (κ2) is 8.17. The molecular formula is C15H17N3S. The van der Waals surface area contributed by atoms with Crippen LogP contribution in [0.1, 0.15) is 18.9 Å². The van der Waals surface area contributed by atoms with Gasteiger partial charge in [-0.2, -0.15) is 5.26 Å². The van der Waals surface area contributed by atoms with Gasteiger partial charge >= 0.3 is 0 Å². The molecule has 4 heteroatoms. The van der Waals surface area contributed by atoms with Gasteiger partial charge in [-0.15, -0.1) is 6.58 Å². The summed E-state index contributed by atoms with van der Waals surface area (Å²) in [6.45, 7) is 9.64. The van der Waals surface area contributed by atoms with E-state index >= 15 is 0 Å². The molecular weight excluding hydrogens is 254 g/mol. The zero-order valence-electron chi connectivity index (χ0n) is 11.0. The molecule has 0 heterocycles. The molecule has 0 bridgehead atoms. The number of aliphatic imine (C=N–C) groups is 1.